The van der Waals surface area contributed by atoms with E-state index >= 15 is 0 Å². The molecule has 0 unspecified atom stereocenters. The smallest absolute Gasteiger partial charge is 0.262 e. The zero-order valence-corrected chi connectivity index (χ0v) is 16.2. The largest absolute Gasteiger partial charge is 0.491 e. The lowest BCUT2D eigenvalue weighted by Gasteiger charge is -2.14. The summed E-state index contributed by atoms with van der Waals surface area (Å²) >= 11 is 1.43. The van der Waals surface area contributed by atoms with Gasteiger partial charge in [0.1, 0.15) is 23.3 Å². The van der Waals surface area contributed by atoms with E-state index in [4.69, 9.17) is 10.00 Å². The minimum atomic E-state index is -0.888. The van der Waals surface area contributed by atoms with Crippen molar-refractivity contribution < 1.29 is 9.84 Å². The van der Waals surface area contributed by atoms with Crippen molar-refractivity contribution in [3.05, 3.63) is 82.2 Å². The summed E-state index contributed by atoms with van der Waals surface area (Å²) in [4.78, 5) is 18.1. The zero-order chi connectivity index (χ0) is 20.2. The number of benzene rings is 2. The van der Waals surface area contributed by atoms with Gasteiger partial charge in [-0.05, 0) is 29.8 Å². The van der Waals surface area contributed by atoms with E-state index in [1.54, 1.807) is 24.3 Å². The topological polar surface area (TPSA) is 88.1 Å². The molecule has 29 heavy (non-hydrogen) atoms. The number of hydrogen-bond donors (Lipinski definition) is 1. The van der Waals surface area contributed by atoms with E-state index in [1.165, 1.54) is 22.2 Å². The number of thiophene rings is 1. The van der Waals surface area contributed by atoms with Crippen molar-refractivity contribution in [3.63, 3.8) is 0 Å². The standard InChI is InChI=1S/C22H17N3O3S/c23-10-15-6-8-18(9-7-15)28-12-17(26)11-25-14-24-21-20(22(25)27)19(13-29-21)16-4-2-1-3-5-16/h1-9,13-14,17,26H,11-12H2/t17-/m1/s1. The lowest BCUT2D eigenvalue weighted by atomic mass is 10.1. The molecule has 2 heterocycles. The molecule has 0 spiro atoms. The Balaban J connectivity index is 1.52. The molecule has 6 nitrogen and oxygen atoms in total. The molecule has 0 fully saturated rings. The first-order chi connectivity index (χ1) is 14.2. The third-order valence-corrected chi connectivity index (χ3v) is 5.37. The van der Waals surface area contributed by atoms with Gasteiger partial charge in [-0.2, -0.15) is 5.26 Å². The van der Waals surface area contributed by atoms with Crippen molar-refractivity contribution in [1.82, 2.24) is 9.55 Å². The van der Waals surface area contributed by atoms with Gasteiger partial charge in [-0.1, -0.05) is 30.3 Å². The van der Waals surface area contributed by atoms with Crippen LogP contribution in [-0.2, 0) is 6.54 Å². The van der Waals surface area contributed by atoms with Crippen molar-refractivity contribution in [1.29, 1.82) is 5.26 Å². The summed E-state index contributed by atoms with van der Waals surface area (Å²) in [5, 5.41) is 21.6. The summed E-state index contributed by atoms with van der Waals surface area (Å²) < 4.78 is 6.96. The van der Waals surface area contributed by atoms with Gasteiger partial charge in [0, 0.05) is 10.9 Å². The van der Waals surface area contributed by atoms with E-state index in [-0.39, 0.29) is 18.7 Å². The summed E-state index contributed by atoms with van der Waals surface area (Å²) in [6, 6.07) is 18.4. The fourth-order valence-corrected chi connectivity index (χ4v) is 3.93. The average molecular weight is 403 g/mol. The maximum absolute atomic E-state index is 13.0. The van der Waals surface area contributed by atoms with Crippen molar-refractivity contribution in [3.8, 4) is 22.9 Å². The monoisotopic (exact) mass is 403 g/mol. The van der Waals surface area contributed by atoms with Crippen LogP contribution in [0.15, 0.2) is 71.1 Å². The molecule has 2 aromatic heterocycles. The van der Waals surface area contributed by atoms with E-state index in [0.29, 0.717) is 21.5 Å². The van der Waals surface area contributed by atoms with E-state index < -0.39 is 6.10 Å². The van der Waals surface area contributed by atoms with Gasteiger partial charge >= 0.3 is 0 Å². The second kappa shape index (κ2) is 8.27. The molecule has 0 aliphatic carbocycles. The average Bonchev–Trinajstić information content (AvgIpc) is 3.20. The summed E-state index contributed by atoms with van der Waals surface area (Å²) in [6.45, 7) is 0.0910. The summed E-state index contributed by atoms with van der Waals surface area (Å²) in [7, 11) is 0. The Labute approximate surface area is 170 Å². The number of hydrogen-bond acceptors (Lipinski definition) is 6. The number of ether oxygens (including phenoxy) is 1. The van der Waals surface area contributed by atoms with Crippen LogP contribution in [0.5, 0.6) is 5.75 Å². The molecule has 2 aromatic carbocycles. The van der Waals surface area contributed by atoms with Gasteiger partial charge in [-0.25, -0.2) is 4.98 Å². The molecule has 0 bridgehead atoms. The van der Waals surface area contributed by atoms with Crippen molar-refractivity contribution in [2.24, 2.45) is 0 Å². The number of nitriles is 1. The van der Waals surface area contributed by atoms with E-state index in [0.717, 1.165) is 11.1 Å². The van der Waals surface area contributed by atoms with E-state index in [1.807, 2.05) is 41.8 Å². The van der Waals surface area contributed by atoms with Crippen LogP contribution in [0.4, 0.5) is 0 Å². The number of fused-ring (bicyclic) bond motifs is 1. The molecule has 0 saturated heterocycles. The zero-order valence-electron chi connectivity index (χ0n) is 15.4. The van der Waals surface area contributed by atoms with Crippen molar-refractivity contribution in [2.75, 3.05) is 6.61 Å². The predicted molar refractivity (Wildman–Crippen MR) is 112 cm³/mol. The van der Waals surface area contributed by atoms with Gasteiger partial charge < -0.3 is 9.84 Å². The molecule has 4 aromatic rings. The summed E-state index contributed by atoms with van der Waals surface area (Å²) in [6.07, 6.45) is 0.572. The molecule has 0 aliphatic heterocycles. The molecule has 0 radical (unpaired) electrons. The van der Waals surface area contributed by atoms with Gasteiger partial charge in [0.15, 0.2) is 0 Å². The Kier molecular flexibility index (Phi) is 5.38. The number of rotatable bonds is 6. The number of nitrogens with zero attached hydrogens (tertiary/aromatic N) is 3. The summed E-state index contributed by atoms with van der Waals surface area (Å²) in [5.74, 6) is 0.549. The summed E-state index contributed by atoms with van der Waals surface area (Å²) in [5.41, 5.74) is 2.15. The van der Waals surface area contributed by atoms with Crippen LogP contribution in [0.3, 0.4) is 0 Å². The van der Waals surface area contributed by atoms with Crippen LogP contribution in [0.1, 0.15) is 5.56 Å². The molecule has 7 heteroatoms. The van der Waals surface area contributed by atoms with E-state index in [9.17, 15) is 9.90 Å². The van der Waals surface area contributed by atoms with Crippen molar-refractivity contribution in [2.45, 2.75) is 12.6 Å². The van der Waals surface area contributed by atoms with Crippen LogP contribution in [0.25, 0.3) is 21.3 Å². The number of aromatic nitrogens is 2. The molecular formula is C22H17N3O3S. The fourth-order valence-electron chi connectivity index (χ4n) is 3.03. The Morgan fingerprint density at radius 3 is 2.66 bits per heavy atom. The SMILES string of the molecule is N#Cc1ccc(OC[C@H](O)Cn2cnc3scc(-c4ccccc4)c3c2=O)cc1. The second-order valence-electron chi connectivity index (χ2n) is 6.50. The highest BCUT2D eigenvalue weighted by atomic mass is 32.1. The van der Waals surface area contributed by atoms with Crippen LogP contribution in [0, 0.1) is 11.3 Å². The molecule has 1 atom stereocenters. The predicted octanol–water partition coefficient (Wildman–Crippen LogP) is 3.44. The van der Waals surface area contributed by atoms with E-state index in [2.05, 4.69) is 4.98 Å². The van der Waals surface area contributed by atoms with Crippen LogP contribution in [0.2, 0.25) is 0 Å². The van der Waals surface area contributed by atoms with Crippen molar-refractivity contribution >= 4 is 21.6 Å². The molecule has 0 saturated carbocycles. The molecule has 1 N–H and O–H groups in total. The van der Waals surface area contributed by atoms with Crippen LogP contribution >= 0.6 is 11.3 Å². The third-order valence-electron chi connectivity index (χ3n) is 4.48. The Morgan fingerprint density at radius 2 is 1.93 bits per heavy atom. The Bertz CT molecular complexity index is 1220. The first-order valence-corrected chi connectivity index (χ1v) is 9.87. The van der Waals surface area contributed by atoms with Gasteiger partial charge in [0.05, 0.1) is 29.9 Å². The maximum Gasteiger partial charge on any atom is 0.262 e. The maximum atomic E-state index is 13.0. The highest BCUT2D eigenvalue weighted by molar-refractivity contribution is 7.17. The third kappa shape index (κ3) is 4.04. The highest BCUT2D eigenvalue weighted by Crippen LogP contribution is 2.30. The normalized spacial score (nSPS) is 11.9. The molecule has 144 valence electrons. The van der Waals surface area contributed by atoms with Gasteiger partial charge in [0.25, 0.3) is 5.56 Å². The minimum absolute atomic E-state index is 0.0194. The first kappa shape index (κ1) is 18.9. The first-order valence-electron chi connectivity index (χ1n) is 8.99. The van der Waals surface area contributed by atoms with Crippen LogP contribution in [-0.4, -0.2) is 27.4 Å². The minimum Gasteiger partial charge on any atom is -0.491 e. The molecular weight excluding hydrogens is 386 g/mol. The quantitative estimate of drug-likeness (QED) is 0.533. The lowest BCUT2D eigenvalue weighted by Crippen LogP contribution is -2.30. The van der Waals surface area contributed by atoms with Crippen LogP contribution < -0.4 is 10.3 Å². The fraction of sp³-hybridized carbons (Fsp3) is 0.136. The Morgan fingerprint density at radius 1 is 1.17 bits per heavy atom. The second-order valence-corrected chi connectivity index (χ2v) is 7.36. The van der Waals surface area contributed by atoms with Gasteiger partial charge in [-0.15, -0.1) is 11.3 Å². The molecule has 4 rings (SSSR count). The number of aliphatic hydroxyl groups excluding tert-OH is 1. The highest BCUT2D eigenvalue weighted by Gasteiger charge is 2.15. The van der Waals surface area contributed by atoms with Gasteiger partial charge in [-0.3, -0.25) is 9.36 Å². The van der Waals surface area contributed by atoms with Gasteiger partial charge in [0.2, 0.25) is 0 Å². The molecule has 0 aliphatic rings. The molecule has 0 amide bonds. The Hall–Kier alpha value is -3.47. The lowest BCUT2D eigenvalue weighted by molar-refractivity contribution is 0.0915. The number of aliphatic hydroxyl groups is 1.